The second-order valence-electron chi connectivity index (χ2n) is 3.23. The van der Waals surface area contributed by atoms with E-state index in [9.17, 15) is 5.11 Å². The Hall–Kier alpha value is -0.440. The Morgan fingerprint density at radius 1 is 1.36 bits per heavy atom. The van der Waals surface area contributed by atoms with Crippen molar-refractivity contribution in [3.63, 3.8) is 0 Å². The first-order valence-corrected chi connectivity index (χ1v) is 5.15. The lowest BCUT2D eigenvalue weighted by Crippen LogP contribution is -2.16. The molecule has 0 saturated carbocycles. The van der Waals surface area contributed by atoms with Crippen molar-refractivity contribution in [3.8, 4) is 5.75 Å². The summed E-state index contributed by atoms with van der Waals surface area (Å²) in [6.45, 7) is 3.59. The molecule has 0 heterocycles. The molecule has 0 aliphatic rings. The topological polar surface area (TPSA) is 23.5 Å². The van der Waals surface area contributed by atoms with E-state index in [0.717, 1.165) is 12.1 Å². The normalized spacial score (nSPS) is 10.9. The van der Waals surface area contributed by atoms with Gasteiger partial charge in [-0.1, -0.05) is 30.1 Å². The Labute approximate surface area is 94.1 Å². The molecule has 2 nitrogen and oxygen atoms in total. The molecule has 4 heteroatoms. The number of benzene rings is 1. The van der Waals surface area contributed by atoms with E-state index in [4.69, 9.17) is 23.2 Å². The number of aromatic hydroxyl groups is 1. The van der Waals surface area contributed by atoms with Crippen LogP contribution >= 0.6 is 23.2 Å². The highest BCUT2D eigenvalue weighted by Crippen LogP contribution is 2.31. The summed E-state index contributed by atoms with van der Waals surface area (Å²) in [6.07, 6.45) is 0. The van der Waals surface area contributed by atoms with Crippen LogP contribution in [0.5, 0.6) is 5.75 Å². The zero-order valence-electron chi connectivity index (χ0n) is 8.22. The van der Waals surface area contributed by atoms with Gasteiger partial charge in [-0.15, -0.1) is 0 Å². The third-order valence-electron chi connectivity index (χ3n) is 2.09. The molecule has 0 aliphatic heterocycles. The molecule has 0 amide bonds. The van der Waals surface area contributed by atoms with Crippen LogP contribution in [0.25, 0.3) is 0 Å². The fourth-order valence-electron chi connectivity index (χ4n) is 1.14. The molecular formula is C10H13Cl2NO. The molecular weight excluding hydrogens is 221 g/mol. The molecule has 0 spiro atoms. The summed E-state index contributed by atoms with van der Waals surface area (Å²) in [5.74, 6) is 0.122. The van der Waals surface area contributed by atoms with E-state index in [0.29, 0.717) is 16.6 Å². The Kier molecular flexibility index (Phi) is 4.05. The minimum absolute atomic E-state index is 0.122. The number of rotatable bonds is 3. The lowest BCUT2D eigenvalue weighted by molar-refractivity contribution is 0.337. The fourth-order valence-corrected chi connectivity index (χ4v) is 1.68. The third-order valence-corrected chi connectivity index (χ3v) is 2.59. The highest BCUT2D eigenvalue weighted by Gasteiger charge is 2.09. The van der Waals surface area contributed by atoms with Gasteiger partial charge < -0.3 is 10.0 Å². The maximum Gasteiger partial charge on any atom is 0.138 e. The van der Waals surface area contributed by atoms with Crippen LogP contribution in [0.4, 0.5) is 0 Å². The smallest absolute Gasteiger partial charge is 0.138 e. The van der Waals surface area contributed by atoms with Crippen molar-refractivity contribution in [2.75, 3.05) is 13.6 Å². The van der Waals surface area contributed by atoms with Crippen LogP contribution in [-0.4, -0.2) is 23.6 Å². The van der Waals surface area contributed by atoms with Crippen LogP contribution in [-0.2, 0) is 6.54 Å². The van der Waals surface area contributed by atoms with Crippen molar-refractivity contribution < 1.29 is 5.11 Å². The average Bonchev–Trinajstić information content (AvgIpc) is 2.13. The Bertz CT molecular complexity index is 328. The summed E-state index contributed by atoms with van der Waals surface area (Å²) in [5, 5.41) is 10.5. The van der Waals surface area contributed by atoms with Gasteiger partial charge in [-0.2, -0.15) is 0 Å². The van der Waals surface area contributed by atoms with E-state index in [1.807, 2.05) is 14.0 Å². The van der Waals surface area contributed by atoms with E-state index in [1.54, 1.807) is 6.07 Å². The quantitative estimate of drug-likeness (QED) is 0.868. The van der Waals surface area contributed by atoms with Gasteiger partial charge >= 0.3 is 0 Å². The molecule has 1 aromatic carbocycles. The third kappa shape index (κ3) is 2.77. The first-order chi connectivity index (χ1) is 6.54. The van der Waals surface area contributed by atoms with Gasteiger partial charge in [0, 0.05) is 17.1 Å². The average molecular weight is 234 g/mol. The summed E-state index contributed by atoms with van der Waals surface area (Å²) >= 11 is 11.6. The lowest BCUT2D eigenvalue weighted by Gasteiger charge is -2.15. The van der Waals surface area contributed by atoms with Crippen molar-refractivity contribution in [3.05, 3.63) is 27.7 Å². The van der Waals surface area contributed by atoms with Crippen LogP contribution in [0.15, 0.2) is 12.1 Å². The predicted octanol–water partition coefficient (Wildman–Crippen LogP) is 3.15. The summed E-state index contributed by atoms with van der Waals surface area (Å²) in [6, 6.07) is 3.27. The number of hydrogen-bond acceptors (Lipinski definition) is 2. The van der Waals surface area contributed by atoms with E-state index in [2.05, 4.69) is 4.90 Å². The second-order valence-corrected chi connectivity index (χ2v) is 4.07. The van der Waals surface area contributed by atoms with Gasteiger partial charge in [0.1, 0.15) is 5.75 Å². The van der Waals surface area contributed by atoms with E-state index >= 15 is 0 Å². The molecule has 0 unspecified atom stereocenters. The molecule has 1 rings (SSSR count). The zero-order valence-corrected chi connectivity index (χ0v) is 9.73. The van der Waals surface area contributed by atoms with E-state index in [-0.39, 0.29) is 5.75 Å². The molecule has 78 valence electrons. The summed E-state index contributed by atoms with van der Waals surface area (Å²) < 4.78 is 0. The van der Waals surface area contributed by atoms with Crippen molar-refractivity contribution in [2.45, 2.75) is 13.5 Å². The number of halogens is 2. The Balaban J connectivity index is 2.96. The lowest BCUT2D eigenvalue weighted by atomic mass is 10.2. The Morgan fingerprint density at radius 2 is 2.00 bits per heavy atom. The predicted molar refractivity (Wildman–Crippen MR) is 60.1 cm³/mol. The highest BCUT2D eigenvalue weighted by molar-refractivity contribution is 6.35. The maximum atomic E-state index is 9.65. The van der Waals surface area contributed by atoms with Gasteiger partial charge in [-0.25, -0.2) is 0 Å². The summed E-state index contributed by atoms with van der Waals surface area (Å²) in [5.41, 5.74) is 0.756. The van der Waals surface area contributed by atoms with Crippen LogP contribution in [0.1, 0.15) is 12.5 Å². The largest absolute Gasteiger partial charge is 0.506 e. The summed E-state index contributed by atoms with van der Waals surface area (Å²) in [4.78, 5) is 2.06. The van der Waals surface area contributed by atoms with Gasteiger partial charge in [-0.05, 0) is 25.7 Å². The molecule has 14 heavy (non-hydrogen) atoms. The first-order valence-electron chi connectivity index (χ1n) is 4.40. The molecule has 1 N–H and O–H groups in total. The number of nitrogens with zero attached hydrogens (tertiary/aromatic N) is 1. The maximum absolute atomic E-state index is 9.65. The standard InChI is InChI=1S/C10H13Cl2NO/c1-3-13(2)6-7-4-8(11)5-9(12)10(7)14/h4-5,14H,3,6H2,1-2H3. The van der Waals surface area contributed by atoms with Crippen molar-refractivity contribution in [1.82, 2.24) is 4.90 Å². The number of phenols is 1. The molecule has 0 aliphatic carbocycles. The van der Waals surface area contributed by atoms with Crippen LogP contribution in [0.3, 0.4) is 0 Å². The number of phenolic OH excluding ortho intramolecular Hbond substituents is 1. The molecule has 0 saturated heterocycles. The van der Waals surface area contributed by atoms with Crippen LogP contribution in [0, 0.1) is 0 Å². The molecule has 0 bridgehead atoms. The minimum Gasteiger partial charge on any atom is -0.506 e. The molecule has 0 aromatic heterocycles. The minimum atomic E-state index is 0.122. The van der Waals surface area contributed by atoms with Crippen LogP contribution in [0.2, 0.25) is 10.0 Å². The monoisotopic (exact) mass is 233 g/mol. The van der Waals surface area contributed by atoms with Crippen LogP contribution < -0.4 is 0 Å². The number of hydrogen-bond donors (Lipinski definition) is 1. The van der Waals surface area contributed by atoms with Crippen molar-refractivity contribution in [1.29, 1.82) is 0 Å². The van der Waals surface area contributed by atoms with E-state index < -0.39 is 0 Å². The van der Waals surface area contributed by atoms with Gasteiger partial charge in [0.25, 0.3) is 0 Å². The van der Waals surface area contributed by atoms with Gasteiger partial charge in [-0.3, -0.25) is 0 Å². The summed E-state index contributed by atoms with van der Waals surface area (Å²) in [7, 11) is 1.97. The molecule has 0 atom stereocenters. The molecule has 1 aromatic rings. The highest BCUT2D eigenvalue weighted by atomic mass is 35.5. The Morgan fingerprint density at radius 3 is 2.57 bits per heavy atom. The van der Waals surface area contributed by atoms with Gasteiger partial charge in [0.05, 0.1) is 5.02 Å². The first kappa shape index (κ1) is 11.6. The SMILES string of the molecule is CCN(C)Cc1cc(Cl)cc(Cl)c1O. The fraction of sp³-hybridized carbons (Fsp3) is 0.400. The molecule has 0 fully saturated rings. The van der Waals surface area contributed by atoms with Gasteiger partial charge in [0.2, 0.25) is 0 Å². The van der Waals surface area contributed by atoms with E-state index in [1.165, 1.54) is 6.07 Å². The molecule has 0 radical (unpaired) electrons. The van der Waals surface area contributed by atoms with Crippen molar-refractivity contribution in [2.24, 2.45) is 0 Å². The zero-order chi connectivity index (χ0) is 10.7. The van der Waals surface area contributed by atoms with Crippen molar-refractivity contribution >= 4 is 23.2 Å². The van der Waals surface area contributed by atoms with Gasteiger partial charge in [0.15, 0.2) is 0 Å². The second kappa shape index (κ2) is 4.87.